The number of benzene rings is 1. The van der Waals surface area contributed by atoms with Crippen LogP contribution in [0.3, 0.4) is 0 Å². The highest BCUT2D eigenvalue weighted by Crippen LogP contribution is 2.37. The van der Waals surface area contributed by atoms with Crippen LogP contribution in [0.5, 0.6) is 5.75 Å². The number of fused-ring (bicyclic) bond motifs is 1. The number of furan rings is 1. The monoisotopic (exact) mass is 312 g/mol. The van der Waals surface area contributed by atoms with E-state index < -0.39 is 6.17 Å². The summed E-state index contributed by atoms with van der Waals surface area (Å²) in [7, 11) is 1.61. The van der Waals surface area contributed by atoms with E-state index >= 15 is 0 Å². The Morgan fingerprint density at radius 3 is 2.74 bits per heavy atom. The van der Waals surface area contributed by atoms with Gasteiger partial charge < -0.3 is 19.8 Å². The zero-order valence-electron chi connectivity index (χ0n) is 12.1. The Morgan fingerprint density at radius 2 is 2.04 bits per heavy atom. The van der Waals surface area contributed by atoms with E-state index in [4.69, 9.17) is 14.9 Å². The molecule has 3 heterocycles. The van der Waals surface area contributed by atoms with E-state index in [1.165, 1.54) is 6.26 Å². The maximum absolute atomic E-state index is 6.38. The van der Waals surface area contributed by atoms with Gasteiger partial charge in [0.05, 0.1) is 24.2 Å². The van der Waals surface area contributed by atoms with Crippen LogP contribution >= 0.6 is 0 Å². The molecule has 0 saturated heterocycles. The van der Waals surface area contributed by atoms with Gasteiger partial charge in [0.15, 0.2) is 5.84 Å². The van der Waals surface area contributed by atoms with E-state index in [0.29, 0.717) is 11.7 Å². The minimum absolute atomic E-state index is 0.221. The number of ether oxygens (including phenoxy) is 1. The van der Waals surface area contributed by atoms with E-state index in [-0.39, 0.29) is 5.82 Å². The minimum atomic E-state index is -0.511. The van der Waals surface area contributed by atoms with Crippen LogP contribution in [0.4, 0.5) is 11.6 Å². The van der Waals surface area contributed by atoms with Crippen LogP contribution in [0, 0.1) is 0 Å². The van der Waals surface area contributed by atoms with Gasteiger partial charge in [-0.05, 0) is 35.5 Å². The van der Waals surface area contributed by atoms with Crippen molar-refractivity contribution in [3.05, 3.63) is 48.0 Å². The molecule has 4 rings (SSSR count). The molecule has 1 atom stereocenters. The van der Waals surface area contributed by atoms with Gasteiger partial charge in [-0.25, -0.2) is 4.63 Å². The summed E-state index contributed by atoms with van der Waals surface area (Å²) >= 11 is 0. The van der Waals surface area contributed by atoms with Crippen molar-refractivity contribution >= 4 is 17.4 Å². The number of nitrogens with two attached hydrogens (primary N) is 1. The van der Waals surface area contributed by atoms with Gasteiger partial charge in [-0.2, -0.15) is 4.99 Å². The van der Waals surface area contributed by atoms with Crippen LogP contribution in [-0.4, -0.2) is 28.5 Å². The van der Waals surface area contributed by atoms with Crippen molar-refractivity contribution in [3.63, 3.8) is 0 Å². The minimum Gasteiger partial charge on any atom is -0.497 e. The molecule has 3 aromatic rings. The third-order valence-electron chi connectivity index (χ3n) is 3.56. The molecule has 2 N–H and O–H groups in total. The number of nitrogens with zero attached hydrogens (tertiary/aromatic N) is 5. The van der Waals surface area contributed by atoms with Crippen molar-refractivity contribution in [2.75, 3.05) is 12.0 Å². The molecule has 0 radical (unpaired) electrons. The molecule has 0 aliphatic carbocycles. The number of aliphatic imine (C=N–C) groups is 1. The summed E-state index contributed by atoms with van der Waals surface area (Å²) in [5.74, 6) is 1.77. The molecule has 9 nitrogen and oxygen atoms in total. The number of rotatable bonds is 3. The first-order valence-electron chi connectivity index (χ1n) is 6.78. The fraction of sp³-hybridized carbons (Fsp3) is 0.143. The Morgan fingerprint density at radius 1 is 1.22 bits per heavy atom. The third kappa shape index (κ3) is 2.14. The highest BCUT2D eigenvalue weighted by atomic mass is 16.6. The Bertz CT molecular complexity index is 840. The van der Waals surface area contributed by atoms with E-state index in [0.717, 1.165) is 17.0 Å². The topological polar surface area (TPSA) is 116 Å². The lowest BCUT2D eigenvalue weighted by atomic mass is 10.1. The first kappa shape index (κ1) is 13.5. The molecule has 0 saturated carbocycles. The fourth-order valence-corrected chi connectivity index (χ4v) is 2.45. The molecule has 0 spiro atoms. The quantitative estimate of drug-likeness (QED) is 0.775. The summed E-state index contributed by atoms with van der Waals surface area (Å²) in [5.41, 5.74) is 7.95. The van der Waals surface area contributed by atoms with E-state index in [9.17, 15) is 0 Å². The van der Waals surface area contributed by atoms with Crippen molar-refractivity contribution in [2.45, 2.75) is 6.17 Å². The summed E-state index contributed by atoms with van der Waals surface area (Å²) in [6.45, 7) is 0. The van der Waals surface area contributed by atoms with Gasteiger partial charge in [-0.3, -0.25) is 0 Å². The van der Waals surface area contributed by atoms with Crippen molar-refractivity contribution < 1.29 is 13.8 Å². The van der Waals surface area contributed by atoms with Crippen LogP contribution in [-0.2, 0) is 0 Å². The molecule has 23 heavy (non-hydrogen) atoms. The second-order valence-electron chi connectivity index (χ2n) is 4.81. The predicted octanol–water partition coefficient (Wildman–Crippen LogP) is 1.62. The van der Waals surface area contributed by atoms with Gasteiger partial charge in [-0.1, -0.05) is 5.10 Å². The smallest absolute Gasteiger partial charge is 0.262 e. The Hall–Kier alpha value is -3.20. The number of methoxy groups -OCH3 is 1. The zero-order valence-corrected chi connectivity index (χ0v) is 12.1. The van der Waals surface area contributed by atoms with Crippen molar-refractivity contribution in [3.8, 4) is 5.75 Å². The molecule has 116 valence electrons. The van der Waals surface area contributed by atoms with Crippen molar-refractivity contribution in [1.82, 2.24) is 15.5 Å². The van der Waals surface area contributed by atoms with Crippen LogP contribution in [0.1, 0.15) is 17.6 Å². The molecule has 0 amide bonds. The van der Waals surface area contributed by atoms with Gasteiger partial charge >= 0.3 is 0 Å². The zero-order chi connectivity index (χ0) is 15.8. The van der Waals surface area contributed by atoms with Crippen LogP contribution in [0.15, 0.2) is 50.6 Å². The van der Waals surface area contributed by atoms with Gasteiger partial charge in [0.2, 0.25) is 5.88 Å². The fourth-order valence-electron chi connectivity index (χ4n) is 2.45. The van der Waals surface area contributed by atoms with Crippen LogP contribution in [0.2, 0.25) is 0 Å². The average molecular weight is 312 g/mol. The number of anilines is 1. The van der Waals surface area contributed by atoms with E-state index in [1.807, 2.05) is 24.3 Å². The highest BCUT2D eigenvalue weighted by Gasteiger charge is 2.33. The standard InChI is InChI=1S/C14H12N6O3/c1-21-9-4-2-8(3-5-9)20-11(15)10-6-7-22-14(10)16-13(20)12-17-19-23-18-12/h2-7,11H,15H2,1H3. The van der Waals surface area contributed by atoms with Crippen molar-refractivity contribution in [2.24, 2.45) is 10.7 Å². The summed E-state index contributed by atoms with van der Waals surface area (Å²) in [6, 6.07) is 9.18. The van der Waals surface area contributed by atoms with Gasteiger partial charge in [-0.15, -0.1) is 0 Å². The number of aromatic nitrogens is 3. The molecule has 0 bridgehead atoms. The molecule has 9 heteroatoms. The molecular weight excluding hydrogens is 300 g/mol. The highest BCUT2D eigenvalue weighted by molar-refractivity contribution is 6.10. The molecule has 1 aliphatic rings. The third-order valence-corrected chi connectivity index (χ3v) is 3.56. The Balaban J connectivity index is 1.85. The summed E-state index contributed by atoms with van der Waals surface area (Å²) in [5, 5.41) is 11.0. The molecule has 2 aromatic heterocycles. The van der Waals surface area contributed by atoms with E-state index in [2.05, 4.69) is 25.1 Å². The number of hydrogen-bond donors (Lipinski definition) is 1. The largest absolute Gasteiger partial charge is 0.497 e. The van der Waals surface area contributed by atoms with Gasteiger partial charge in [0.1, 0.15) is 11.9 Å². The Kier molecular flexibility index (Phi) is 3.05. The maximum Gasteiger partial charge on any atom is 0.262 e. The SMILES string of the molecule is COc1ccc(N2C(c3nnon3)=Nc3occc3C2N)cc1. The summed E-state index contributed by atoms with van der Waals surface area (Å²) < 4.78 is 15.1. The van der Waals surface area contributed by atoms with Gasteiger partial charge in [0.25, 0.3) is 5.82 Å². The maximum atomic E-state index is 6.38. The summed E-state index contributed by atoms with van der Waals surface area (Å²) in [4.78, 5) is 6.22. The second-order valence-corrected chi connectivity index (χ2v) is 4.81. The van der Waals surface area contributed by atoms with Crippen LogP contribution in [0.25, 0.3) is 0 Å². The lowest BCUT2D eigenvalue weighted by Gasteiger charge is -2.32. The first-order valence-corrected chi connectivity index (χ1v) is 6.78. The number of amidine groups is 1. The number of hydrogen-bond acceptors (Lipinski definition) is 9. The first-order chi connectivity index (χ1) is 11.3. The van der Waals surface area contributed by atoms with Crippen molar-refractivity contribution in [1.29, 1.82) is 0 Å². The molecule has 1 unspecified atom stereocenters. The summed E-state index contributed by atoms with van der Waals surface area (Å²) in [6.07, 6.45) is 1.03. The second kappa shape index (κ2) is 5.21. The molecule has 0 fully saturated rings. The molecule has 1 aliphatic heterocycles. The van der Waals surface area contributed by atoms with E-state index in [1.54, 1.807) is 18.1 Å². The van der Waals surface area contributed by atoms with Crippen LogP contribution < -0.4 is 15.4 Å². The molecular formula is C14H12N6O3. The predicted molar refractivity (Wildman–Crippen MR) is 79.4 cm³/mol. The lowest BCUT2D eigenvalue weighted by Crippen LogP contribution is -2.42. The molecule has 1 aromatic carbocycles. The normalized spacial score (nSPS) is 16.9. The average Bonchev–Trinajstić information content (AvgIpc) is 3.26. The lowest BCUT2D eigenvalue weighted by molar-refractivity contribution is 0.292. The van der Waals surface area contributed by atoms with Gasteiger partial charge in [0, 0.05) is 5.69 Å². The Labute approximate surface area is 130 Å².